The van der Waals surface area contributed by atoms with Gasteiger partial charge in [0, 0.05) is 38.6 Å². The molecular formula is C18H27N3O3S. The summed E-state index contributed by atoms with van der Waals surface area (Å²) in [5.41, 5.74) is 7.20. The molecule has 1 amide bonds. The Hall–Kier alpha value is -1.57. The molecule has 0 radical (unpaired) electrons. The summed E-state index contributed by atoms with van der Waals surface area (Å²) in [5, 5.41) is 0.604. The van der Waals surface area contributed by atoms with Crippen LogP contribution in [0.1, 0.15) is 29.3 Å². The average Bonchev–Trinajstić information content (AvgIpc) is 2.61. The van der Waals surface area contributed by atoms with Crippen LogP contribution in [0.4, 0.5) is 0 Å². The van der Waals surface area contributed by atoms with Crippen molar-refractivity contribution in [3.05, 3.63) is 35.4 Å². The van der Waals surface area contributed by atoms with E-state index in [-0.39, 0.29) is 11.4 Å². The average molecular weight is 365 g/mol. The molecule has 1 aromatic rings. The second kappa shape index (κ2) is 9.22. The molecule has 0 aromatic heterocycles. The Kier molecular flexibility index (Phi) is 7.28. The van der Waals surface area contributed by atoms with Crippen LogP contribution < -0.4 is 5.73 Å². The molecule has 0 fully saturated rings. The summed E-state index contributed by atoms with van der Waals surface area (Å²) < 4.78 is 10.2. The fourth-order valence-corrected chi connectivity index (χ4v) is 3.76. The summed E-state index contributed by atoms with van der Waals surface area (Å²) in [6.07, 6.45) is 0.896. The van der Waals surface area contributed by atoms with Crippen molar-refractivity contribution in [1.82, 2.24) is 4.90 Å². The van der Waals surface area contributed by atoms with E-state index in [2.05, 4.69) is 11.9 Å². The molecule has 25 heavy (non-hydrogen) atoms. The van der Waals surface area contributed by atoms with Crippen LogP contribution in [0.15, 0.2) is 29.3 Å². The molecule has 138 valence electrons. The van der Waals surface area contributed by atoms with Gasteiger partial charge < -0.3 is 20.1 Å². The second-order valence-corrected chi connectivity index (χ2v) is 7.30. The Morgan fingerprint density at radius 2 is 2.00 bits per heavy atom. The standard InChI is InChI=1S/C18H27N3O3S/c1-18(7-12-25-17(19)20-18)15-6-4-5-14(13-15)16(22)21(8-10-23-2)9-11-24-3/h4-6,13H,7-12H2,1-3H3,(H2,19,20). The van der Waals surface area contributed by atoms with Gasteiger partial charge in [-0.3, -0.25) is 9.79 Å². The maximum atomic E-state index is 12.9. The van der Waals surface area contributed by atoms with Crippen molar-refractivity contribution in [3.63, 3.8) is 0 Å². The molecule has 1 aromatic carbocycles. The number of rotatable bonds is 8. The lowest BCUT2D eigenvalue weighted by molar-refractivity contribution is 0.0627. The number of methoxy groups -OCH3 is 2. The topological polar surface area (TPSA) is 77.2 Å². The number of hydrogen-bond acceptors (Lipinski definition) is 6. The molecule has 1 aliphatic heterocycles. The van der Waals surface area contributed by atoms with Gasteiger partial charge in [-0.2, -0.15) is 0 Å². The zero-order chi connectivity index (χ0) is 18.3. The predicted molar refractivity (Wildman–Crippen MR) is 102 cm³/mol. The highest BCUT2D eigenvalue weighted by Gasteiger charge is 2.30. The van der Waals surface area contributed by atoms with E-state index in [1.165, 1.54) is 0 Å². The number of ether oxygens (including phenoxy) is 2. The molecule has 1 atom stereocenters. The van der Waals surface area contributed by atoms with Crippen molar-refractivity contribution in [3.8, 4) is 0 Å². The number of benzene rings is 1. The zero-order valence-electron chi connectivity index (χ0n) is 15.2. The first kappa shape index (κ1) is 19.8. The van der Waals surface area contributed by atoms with Crippen molar-refractivity contribution in [1.29, 1.82) is 0 Å². The maximum Gasteiger partial charge on any atom is 0.254 e. The lowest BCUT2D eigenvalue weighted by atomic mass is 9.88. The van der Waals surface area contributed by atoms with E-state index >= 15 is 0 Å². The second-order valence-electron chi connectivity index (χ2n) is 6.18. The molecule has 0 saturated carbocycles. The highest BCUT2D eigenvalue weighted by molar-refractivity contribution is 8.13. The summed E-state index contributed by atoms with van der Waals surface area (Å²) >= 11 is 1.57. The van der Waals surface area contributed by atoms with Gasteiger partial charge >= 0.3 is 0 Å². The number of nitrogens with zero attached hydrogens (tertiary/aromatic N) is 2. The SMILES string of the molecule is COCCN(CCOC)C(=O)c1cccc(C2(C)CCSC(N)=N2)c1. The van der Waals surface area contributed by atoms with Crippen LogP contribution >= 0.6 is 11.8 Å². The van der Waals surface area contributed by atoms with Gasteiger partial charge in [0.2, 0.25) is 0 Å². The first-order valence-corrected chi connectivity index (χ1v) is 9.34. The minimum atomic E-state index is -0.379. The number of amides is 1. The summed E-state index contributed by atoms with van der Waals surface area (Å²) in [5.74, 6) is 0.902. The Bertz CT molecular complexity index is 615. The third kappa shape index (κ3) is 5.20. The number of amidine groups is 1. The Balaban J connectivity index is 2.23. The minimum absolute atomic E-state index is 0.0262. The molecule has 0 saturated heterocycles. The lowest BCUT2D eigenvalue weighted by Crippen LogP contribution is -2.36. The molecule has 1 unspecified atom stereocenters. The van der Waals surface area contributed by atoms with Crippen LogP contribution in [0.2, 0.25) is 0 Å². The lowest BCUT2D eigenvalue weighted by Gasteiger charge is -2.30. The van der Waals surface area contributed by atoms with E-state index in [4.69, 9.17) is 15.2 Å². The summed E-state index contributed by atoms with van der Waals surface area (Å²) in [7, 11) is 3.26. The summed E-state index contributed by atoms with van der Waals surface area (Å²) in [6.45, 7) is 4.11. The predicted octanol–water partition coefficient (Wildman–Crippen LogP) is 2.09. The molecule has 0 spiro atoms. The largest absolute Gasteiger partial charge is 0.383 e. The number of aliphatic imine (C=N–C) groups is 1. The van der Waals surface area contributed by atoms with Crippen LogP contribution in [-0.2, 0) is 15.0 Å². The van der Waals surface area contributed by atoms with Gasteiger partial charge in [-0.15, -0.1) is 0 Å². The Morgan fingerprint density at radius 1 is 1.32 bits per heavy atom. The van der Waals surface area contributed by atoms with E-state index in [0.717, 1.165) is 17.7 Å². The van der Waals surface area contributed by atoms with Crippen molar-refractivity contribution in [2.24, 2.45) is 10.7 Å². The van der Waals surface area contributed by atoms with E-state index < -0.39 is 0 Å². The Labute approximate surface area is 153 Å². The molecule has 0 bridgehead atoms. The normalized spacial score (nSPS) is 20.2. The first-order chi connectivity index (χ1) is 12.0. The van der Waals surface area contributed by atoms with Crippen LogP contribution in [0.25, 0.3) is 0 Å². The van der Waals surface area contributed by atoms with Gasteiger partial charge in [-0.25, -0.2) is 0 Å². The van der Waals surface area contributed by atoms with E-state index in [1.807, 2.05) is 24.3 Å². The van der Waals surface area contributed by atoms with Crippen molar-refractivity contribution >= 4 is 22.8 Å². The van der Waals surface area contributed by atoms with Gasteiger partial charge in [0.05, 0.1) is 18.8 Å². The molecule has 7 heteroatoms. The van der Waals surface area contributed by atoms with Crippen molar-refractivity contribution < 1.29 is 14.3 Å². The van der Waals surface area contributed by atoms with Crippen LogP contribution in [-0.4, -0.2) is 62.3 Å². The monoisotopic (exact) mass is 365 g/mol. The van der Waals surface area contributed by atoms with Crippen LogP contribution in [0.5, 0.6) is 0 Å². The first-order valence-electron chi connectivity index (χ1n) is 8.36. The van der Waals surface area contributed by atoms with Crippen molar-refractivity contribution in [2.75, 3.05) is 46.3 Å². The number of carbonyl (C=O) groups excluding carboxylic acids is 1. The molecular weight excluding hydrogens is 338 g/mol. The zero-order valence-corrected chi connectivity index (χ0v) is 16.0. The van der Waals surface area contributed by atoms with Crippen LogP contribution in [0.3, 0.4) is 0 Å². The molecule has 2 N–H and O–H groups in total. The number of nitrogens with two attached hydrogens (primary N) is 1. The van der Waals surface area contributed by atoms with Gasteiger partial charge in [-0.1, -0.05) is 23.9 Å². The smallest absolute Gasteiger partial charge is 0.254 e. The molecule has 0 aliphatic carbocycles. The summed E-state index contributed by atoms with van der Waals surface area (Å²) in [4.78, 5) is 19.3. The number of hydrogen-bond donors (Lipinski definition) is 1. The molecule has 2 rings (SSSR count). The third-order valence-electron chi connectivity index (χ3n) is 4.35. The summed E-state index contributed by atoms with van der Waals surface area (Å²) in [6, 6.07) is 7.69. The molecule has 1 aliphatic rings. The van der Waals surface area contributed by atoms with Crippen LogP contribution in [0, 0.1) is 0 Å². The fourth-order valence-electron chi connectivity index (χ4n) is 2.78. The number of carbonyl (C=O) groups is 1. The van der Waals surface area contributed by atoms with Crippen molar-refractivity contribution in [2.45, 2.75) is 18.9 Å². The fraction of sp³-hybridized carbons (Fsp3) is 0.556. The quantitative estimate of drug-likeness (QED) is 0.763. The highest BCUT2D eigenvalue weighted by Crippen LogP contribution is 2.35. The molecule has 6 nitrogen and oxygen atoms in total. The van der Waals surface area contributed by atoms with Gasteiger partial charge in [0.25, 0.3) is 5.91 Å². The van der Waals surface area contributed by atoms with E-state index in [9.17, 15) is 4.79 Å². The van der Waals surface area contributed by atoms with E-state index in [0.29, 0.717) is 37.0 Å². The Morgan fingerprint density at radius 3 is 2.60 bits per heavy atom. The van der Waals surface area contributed by atoms with Gasteiger partial charge in [0.1, 0.15) is 0 Å². The third-order valence-corrected chi connectivity index (χ3v) is 5.14. The number of thioether (sulfide) groups is 1. The highest BCUT2D eigenvalue weighted by atomic mass is 32.2. The van der Waals surface area contributed by atoms with E-state index in [1.54, 1.807) is 30.9 Å². The van der Waals surface area contributed by atoms with Gasteiger partial charge in [-0.05, 0) is 31.0 Å². The maximum absolute atomic E-state index is 12.9. The van der Waals surface area contributed by atoms with Gasteiger partial charge in [0.15, 0.2) is 5.17 Å². The minimum Gasteiger partial charge on any atom is -0.383 e. The molecule has 1 heterocycles.